The Kier molecular flexibility index (Phi) is 5.44. The summed E-state index contributed by atoms with van der Waals surface area (Å²) in [6.07, 6.45) is 3.99. The minimum Gasteiger partial charge on any atom is -0.339 e. The van der Waals surface area contributed by atoms with Crippen molar-refractivity contribution in [2.24, 2.45) is 0 Å². The number of carbonyl (C=O) groups is 1. The predicted molar refractivity (Wildman–Crippen MR) is 105 cm³/mol. The quantitative estimate of drug-likeness (QED) is 0.659. The first-order chi connectivity index (χ1) is 13.5. The molecule has 1 aromatic carbocycles. The number of piperazine rings is 1. The van der Waals surface area contributed by atoms with Crippen molar-refractivity contribution in [3.05, 3.63) is 36.7 Å². The van der Waals surface area contributed by atoms with Crippen molar-refractivity contribution < 1.29 is 13.2 Å². The summed E-state index contributed by atoms with van der Waals surface area (Å²) in [6, 6.07) is 8.88. The molecule has 2 aliphatic rings. The number of sulfonamides is 1. The van der Waals surface area contributed by atoms with Gasteiger partial charge in [-0.25, -0.2) is 8.42 Å². The molecule has 150 valence electrons. The third-order valence-electron chi connectivity index (χ3n) is 5.04. The monoisotopic (exact) mass is 421 g/mol. The van der Waals surface area contributed by atoms with Crippen LogP contribution in [-0.4, -0.2) is 69.7 Å². The number of hydrogen-bond donors (Lipinski definition) is 0. The fraction of sp³-hybridized carbons (Fsp3) is 0.500. The average molecular weight is 422 g/mol. The number of hydrogen-bond acceptors (Lipinski definition) is 6. The van der Waals surface area contributed by atoms with Gasteiger partial charge >= 0.3 is 0 Å². The molecular formula is C18H23N5O3S2. The van der Waals surface area contributed by atoms with E-state index in [1.54, 1.807) is 41.6 Å². The minimum atomic E-state index is -3.51. The Hall–Kier alpha value is -1.91. The van der Waals surface area contributed by atoms with Gasteiger partial charge in [0.2, 0.25) is 15.9 Å². The first kappa shape index (κ1) is 19.4. The maximum atomic E-state index is 12.8. The molecule has 1 aliphatic carbocycles. The first-order valence-electron chi connectivity index (χ1n) is 9.37. The van der Waals surface area contributed by atoms with Gasteiger partial charge in [-0.3, -0.25) is 4.79 Å². The molecule has 1 aliphatic heterocycles. The van der Waals surface area contributed by atoms with E-state index in [0.717, 1.165) is 18.0 Å². The van der Waals surface area contributed by atoms with Gasteiger partial charge in [0.1, 0.15) is 6.33 Å². The van der Waals surface area contributed by atoms with Crippen LogP contribution in [0.5, 0.6) is 0 Å². The molecule has 28 heavy (non-hydrogen) atoms. The zero-order chi connectivity index (χ0) is 19.7. The SMILES string of the molecule is CC(Sc1nncn1C1CC1)C(=O)N1CCN(S(=O)(=O)c2ccccc2)CC1. The summed E-state index contributed by atoms with van der Waals surface area (Å²) < 4.78 is 28.9. The van der Waals surface area contributed by atoms with Crippen LogP contribution in [-0.2, 0) is 14.8 Å². The third kappa shape index (κ3) is 3.94. The van der Waals surface area contributed by atoms with Gasteiger partial charge < -0.3 is 9.47 Å². The molecule has 2 heterocycles. The highest BCUT2D eigenvalue weighted by Crippen LogP contribution is 2.38. The molecule has 0 radical (unpaired) electrons. The molecule has 4 rings (SSSR count). The van der Waals surface area contributed by atoms with Crippen molar-refractivity contribution in [3.8, 4) is 0 Å². The second kappa shape index (κ2) is 7.84. The molecule has 2 aromatic rings. The topological polar surface area (TPSA) is 88.4 Å². The van der Waals surface area contributed by atoms with Gasteiger partial charge in [-0.1, -0.05) is 30.0 Å². The molecular weight excluding hydrogens is 398 g/mol. The van der Waals surface area contributed by atoms with Crippen LogP contribution in [0.2, 0.25) is 0 Å². The summed E-state index contributed by atoms with van der Waals surface area (Å²) in [7, 11) is -3.51. The van der Waals surface area contributed by atoms with Gasteiger partial charge in [0, 0.05) is 32.2 Å². The van der Waals surface area contributed by atoms with E-state index in [4.69, 9.17) is 0 Å². The van der Waals surface area contributed by atoms with Crippen molar-refractivity contribution in [2.45, 2.75) is 41.1 Å². The zero-order valence-electron chi connectivity index (χ0n) is 15.6. The van der Waals surface area contributed by atoms with Crippen LogP contribution in [0.1, 0.15) is 25.8 Å². The molecule has 1 amide bonds. The van der Waals surface area contributed by atoms with Crippen LogP contribution in [0.15, 0.2) is 46.7 Å². The van der Waals surface area contributed by atoms with Crippen molar-refractivity contribution in [1.82, 2.24) is 24.0 Å². The molecule has 0 spiro atoms. The second-order valence-corrected chi connectivity index (χ2v) is 10.3. The molecule has 2 fully saturated rings. The largest absolute Gasteiger partial charge is 0.339 e. The highest BCUT2D eigenvalue weighted by molar-refractivity contribution is 8.00. The lowest BCUT2D eigenvalue weighted by Crippen LogP contribution is -2.52. The summed E-state index contributed by atoms with van der Waals surface area (Å²) in [4.78, 5) is 14.9. The van der Waals surface area contributed by atoms with Crippen molar-refractivity contribution in [1.29, 1.82) is 0 Å². The van der Waals surface area contributed by atoms with E-state index < -0.39 is 10.0 Å². The Bertz CT molecular complexity index is 935. The van der Waals surface area contributed by atoms with Crippen LogP contribution in [0.4, 0.5) is 0 Å². The van der Waals surface area contributed by atoms with Gasteiger partial charge in [-0.05, 0) is 31.9 Å². The van der Waals surface area contributed by atoms with E-state index in [2.05, 4.69) is 10.2 Å². The van der Waals surface area contributed by atoms with Crippen molar-refractivity contribution in [2.75, 3.05) is 26.2 Å². The average Bonchev–Trinajstić information content (AvgIpc) is 3.47. The van der Waals surface area contributed by atoms with Crippen molar-refractivity contribution >= 4 is 27.7 Å². The molecule has 1 unspecified atom stereocenters. The Balaban J connectivity index is 1.35. The van der Waals surface area contributed by atoms with E-state index in [0.29, 0.717) is 32.2 Å². The van der Waals surface area contributed by atoms with E-state index >= 15 is 0 Å². The molecule has 10 heteroatoms. The van der Waals surface area contributed by atoms with Gasteiger partial charge in [0.25, 0.3) is 0 Å². The van der Waals surface area contributed by atoms with Crippen molar-refractivity contribution in [3.63, 3.8) is 0 Å². The van der Waals surface area contributed by atoms with Gasteiger partial charge in [-0.15, -0.1) is 10.2 Å². The lowest BCUT2D eigenvalue weighted by Gasteiger charge is -2.35. The van der Waals surface area contributed by atoms with E-state index in [1.165, 1.54) is 16.1 Å². The lowest BCUT2D eigenvalue weighted by molar-refractivity contribution is -0.131. The van der Waals surface area contributed by atoms with Gasteiger partial charge in [0.15, 0.2) is 5.16 Å². The molecule has 0 bridgehead atoms. The number of carbonyl (C=O) groups excluding carboxylic acids is 1. The smallest absolute Gasteiger partial charge is 0.243 e. The molecule has 1 saturated carbocycles. The fourth-order valence-electron chi connectivity index (χ4n) is 3.28. The maximum absolute atomic E-state index is 12.8. The summed E-state index contributed by atoms with van der Waals surface area (Å²) in [6.45, 7) is 3.26. The molecule has 1 atom stereocenters. The number of aromatic nitrogens is 3. The number of nitrogens with zero attached hydrogens (tertiary/aromatic N) is 5. The normalized spacial score (nSPS) is 19.5. The van der Waals surface area contributed by atoms with E-state index in [-0.39, 0.29) is 16.1 Å². The Morgan fingerprint density at radius 3 is 2.46 bits per heavy atom. The van der Waals surface area contributed by atoms with Crippen LogP contribution in [0.3, 0.4) is 0 Å². The summed E-state index contributed by atoms with van der Waals surface area (Å²) >= 11 is 1.42. The van der Waals surface area contributed by atoms with Crippen LogP contribution < -0.4 is 0 Å². The Morgan fingerprint density at radius 2 is 1.82 bits per heavy atom. The lowest BCUT2D eigenvalue weighted by atomic mass is 10.3. The Labute approximate surface area is 169 Å². The fourth-order valence-corrected chi connectivity index (χ4v) is 5.70. The maximum Gasteiger partial charge on any atom is 0.243 e. The number of thioether (sulfide) groups is 1. The van der Waals surface area contributed by atoms with E-state index in [9.17, 15) is 13.2 Å². The zero-order valence-corrected chi connectivity index (χ0v) is 17.3. The molecule has 8 nitrogen and oxygen atoms in total. The highest BCUT2D eigenvalue weighted by atomic mass is 32.2. The standard InChI is InChI=1S/C18H23N5O3S2/c1-14(27-18-20-19-13-23(18)15-7-8-15)17(24)21-9-11-22(12-10-21)28(25,26)16-5-3-2-4-6-16/h2-6,13-15H,7-12H2,1H3. The number of rotatable bonds is 6. The van der Waals surface area contributed by atoms with Crippen LogP contribution in [0, 0.1) is 0 Å². The van der Waals surface area contributed by atoms with Crippen LogP contribution >= 0.6 is 11.8 Å². The summed E-state index contributed by atoms with van der Waals surface area (Å²) in [5, 5.41) is 8.59. The number of amides is 1. The minimum absolute atomic E-state index is 0.00658. The molecule has 1 aromatic heterocycles. The third-order valence-corrected chi connectivity index (χ3v) is 8.01. The summed E-state index contributed by atoms with van der Waals surface area (Å²) in [5.41, 5.74) is 0. The first-order valence-corrected chi connectivity index (χ1v) is 11.7. The predicted octanol–water partition coefficient (Wildman–Crippen LogP) is 1.63. The molecule has 0 N–H and O–H groups in total. The van der Waals surface area contributed by atoms with Gasteiger partial charge in [-0.2, -0.15) is 4.31 Å². The van der Waals surface area contributed by atoms with Gasteiger partial charge in [0.05, 0.1) is 10.1 Å². The van der Waals surface area contributed by atoms with Crippen LogP contribution in [0.25, 0.3) is 0 Å². The molecule has 1 saturated heterocycles. The number of benzene rings is 1. The summed E-state index contributed by atoms with van der Waals surface area (Å²) in [5.74, 6) is 0.00658. The second-order valence-electron chi connectivity index (χ2n) is 7.05. The Morgan fingerprint density at radius 1 is 1.14 bits per heavy atom. The highest BCUT2D eigenvalue weighted by Gasteiger charge is 2.33. The van der Waals surface area contributed by atoms with E-state index in [1.807, 2.05) is 11.5 Å².